The maximum absolute atomic E-state index is 11.4. The number of aliphatic hydroxyl groups excluding tert-OH is 1. The van der Waals surface area contributed by atoms with Crippen molar-refractivity contribution < 1.29 is 19.7 Å². The van der Waals surface area contributed by atoms with Crippen LogP contribution in [0.2, 0.25) is 0 Å². The van der Waals surface area contributed by atoms with Crippen molar-refractivity contribution in [2.45, 2.75) is 123 Å². The van der Waals surface area contributed by atoms with E-state index in [1.807, 2.05) is 6.92 Å². The van der Waals surface area contributed by atoms with Gasteiger partial charge < -0.3 is 14.9 Å². The van der Waals surface area contributed by atoms with Crippen LogP contribution in [0.4, 0.5) is 0 Å². The van der Waals surface area contributed by atoms with Crippen molar-refractivity contribution in [2.75, 3.05) is 6.61 Å². The molecule has 1 rings (SSSR count). The molecule has 2 N–H and O–H groups in total. The van der Waals surface area contributed by atoms with Crippen LogP contribution < -0.4 is 0 Å². The average molecular weight is 411 g/mol. The van der Waals surface area contributed by atoms with E-state index in [-0.39, 0.29) is 18.0 Å². The van der Waals surface area contributed by atoms with Gasteiger partial charge >= 0.3 is 5.97 Å². The van der Waals surface area contributed by atoms with Gasteiger partial charge in [0.1, 0.15) is 0 Å². The van der Waals surface area contributed by atoms with E-state index in [0.29, 0.717) is 25.4 Å². The molecule has 0 aromatic carbocycles. The maximum atomic E-state index is 11.4. The predicted molar refractivity (Wildman–Crippen MR) is 120 cm³/mol. The summed E-state index contributed by atoms with van der Waals surface area (Å²) >= 11 is 0. The fraction of sp³-hybridized carbons (Fsp3) is 0.880. The first-order valence-electron chi connectivity index (χ1n) is 12.1. The number of carbonyl (C=O) groups is 1. The molecule has 29 heavy (non-hydrogen) atoms. The highest BCUT2D eigenvalue weighted by Crippen LogP contribution is 2.38. The summed E-state index contributed by atoms with van der Waals surface area (Å²) < 4.78 is 4.96. The molecule has 4 heteroatoms. The van der Waals surface area contributed by atoms with Gasteiger partial charge in [-0.15, -0.1) is 0 Å². The Morgan fingerprint density at radius 1 is 1.21 bits per heavy atom. The Morgan fingerprint density at radius 2 is 1.93 bits per heavy atom. The van der Waals surface area contributed by atoms with Gasteiger partial charge in [0.15, 0.2) is 0 Å². The summed E-state index contributed by atoms with van der Waals surface area (Å²) in [5.74, 6) is 0.445. The molecular formula is C25H46O4. The standard InChI is InChI=1S/C25H46O4/c1-5-8-13-20(4)25(28,6-2)19-18-21-16-17-23(26)22(21)14-11-9-10-12-15-24(27)29-7-3/h18,20,22-23,26,28H,5-17,19H2,1-4H3/t20?,22-,23+,25?/m1/s1. The topological polar surface area (TPSA) is 66.8 Å². The molecule has 170 valence electrons. The van der Waals surface area contributed by atoms with Crippen molar-refractivity contribution in [2.24, 2.45) is 11.8 Å². The smallest absolute Gasteiger partial charge is 0.305 e. The predicted octanol–water partition coefficient (Wildman–Crippen LogP) is 5.94. The highest BCUT2D eigenvalue weighted by molar-refractivity contribution is 5.69. The Hall–Kier alpha value is -0.870. The molecule has 1 fully saturated rings. The molecule has 2 unspecified atom stereocenters. The van der Waals surface area contributed by atoms with Gasteiger partial charge in [-0.2, -0.15) is 0 Å². The van der Waals surface area contributed by atoms with E-state index in [1.54, 1.807) is 0 Å². The Kier molecular flexibility index (Phi) is 12.8. The number of unbranched alkanes of at least 4 members (excludes halogenated alkanes) is 4. The molecule has 0 heterocycles. The summed E-state index contributed by atoms with van der Waals surface area (Å²) in [7, 11) is 0. The van der Waals surface area contributed by atoms with Crippen LogP contribution in [0.5, 0.6) is 0 Å². The Balaban J connectivity index is 2.47. The largest absolute Gasteiger partial charge is 0.466 e. The van der Waals surface area contributed by atoms with Gasteiger partial charge in [0.05, 0.1) is 18.3 Å². The van der Waals surface area contributed by atoms with Gasteiger partial charge in [0.2, 0.25) is 0 Å². The van der Waals surface area contributed by atoms with E-state index in [2.05, 4.69) is 26.8 Å². The van der Waals surface area contributed by atoms with Gasteiger partial charge in [-0.1, -0.05) is 64.5 Å². The molecular weight excluding hydrogens is 364 g/mol. The van der Waals surface area contributed by atoms with Gasteiger partial charge in [-0.25, -0.2) is 0 Å². The number of esters is 1. The van der Waals surface area contributed by atoms with Crippen LogP contribution >= 0.6 is 0 Å². The van der Waals surface area contributed by atoms with Crippen LogP contribution in [0, 0.1) is 11.8 Å². The second kappa shape index (κ2) is 14.2. The lowest BCUT2D eigenvalue weighted by molar-refractivity contribution is -0.143. The van der Waals surface area contributed by atoms with Gasteiger partial charge in [0.25, 0.3) is 0 Å². The Bertz CT molecular complexity index is 487. The molecule has 0 amide bonds. The first-order valence-corrected chi connectivity index (χ1v) is 12.1. The monoisotopic (exact) mass is 410 g/mol. The highest BCUT2D eigenvalue weighted by Gasteiger charge is 2.33. The number of ether oxygens (including phenoxy) is 1. The number of hydrogen-bond acceptors (Lipinski definition) is 4. The van der Waals surface area contributed by atoms with Crippen molar-refractivity contribution in [1.82, 2.24) is 0 Å². The molecule has 0 bridgehead atoms. The van der Waals surface area contributed by atoms with Crippen LogP contribution in [0.25, 0.3) is 0 Å². The van der Waals surface area contributed by atoms with E-state index < -0.39 is 5.60 Å². The van der Waals surface area contributed by atoms with E-state index in [1.165, 1.54) is 12.0 Å². The molecule has 1 saturated carbocycles. The van der Waals surface area contributed by atoms with Crippen molar-refractivity contribution in [3.8, 4) is 0 Å². The number of rotatable bonds is 15. The minimum absolute atomic E-state index is 0.0967. The first kappa shape index (κ1) is 26.2. The quantitative estimate of drug-likeness (QED) is 0.199. The zero-order valence-electron chi connectivity index (χ0n) is 19.4. The van der Waals surface area contributed by atoms with E-state index in [4.69, 9.17) is 4.74 Å². The third kappa shape index (κ3) is 9.21. The lowest BCUT2D eigenvalue weighted by Gasteiger charge is -2.33. The molecule has 4 nitrogen and oxygen atoms in total. The fourth-order valence-electron chi connectivity index (χ4n) is 4.58. The van der Waals surface area contributed by atoms with Crippen LogP contribution in [0.15, 0.2) is 11.6 Å². The summed E-state index contributed by atoms with van der Waals surface area (Å²) in [5.41, 5.74) is 0.714. The zero-order valence-corrected chi connectivity index (χ0v) is 19.4. The second-order valence-corrected chi connectivity index (χ2v) is 8.95. The molecule has 0 saturated heterocycles. The highest BCUT2D eigenvalue weighted by atomic mass is 16.5. The average Bonchev–Trinajstić information content (AvgIpc) is 3.06. The first-order chi connectivity index (χ1) is 13.9. The Morgan fingerprint density at radius 3 is 2.59 bits per heavy atom. The summed E-state index contributed by atoms with van der Waals surface area (Å²) in [5, 5.41) is 21.6. The second-order valence-electron chi connectivity index (χ2n) is 8.95. The lowest BCUT2D eigenvalue weighted by Crippen LogP contribution is -2.35. The van der Waals surface area contributed by atoms with Crippen molar-refractivity contribution in [3.63, 3.8) is 0 Å². The third-order valence-electron chi connectivity index (χ3n) is 6.86. The van der Waals surface area contributed by atoms with E-state index in [9.17, 15) is 15.0 Å². The van der Waals surface area contributed by atoms with Crippen LogP contribution in [-0.4, -0.2) is 34.5 Å². The summed E-state index contributed by atoms with van der Waals surface area (Å²) in [4.78, 5) is 11.4. The molecule has 1 aliphatic rings. The minimum Gasteiger partial charge on any atom is -0.466 e. The molecule has 0 radical (unpaired) electrons. The molecule has 0 aromatic rings. The van der Waals surface area contributed by atoms with Crippen molar-refractivity contribution in [3.05, 3.63) is 11.6 Å². The van der Waals surface area contributed by atoms with Crippen molar-refractivity contribution >= 4 is 5.97 Å². The molecule has 1 aliphatic carbocycles. The van der Waals surface area contributed by atoms with E-state index >= 15 is 0 Å². The number of carbonyl (C=O) groups excluding carboxylic acids is 1. The Labute approximate surface area is 179 Å². The minimum atomic E-state index is -0.632. The SMILES string of the molecule is CCCCC(C)C(O)(CC)CC=C1CC[C@H](O)[C@@H]1CCCCCCC(=O)OCC. The number of aliphatic hydroxyl groups is 2. The summed E-state index contributed by atoms with van der Waals surface area (Å²) in [6.07, 6.45) is 14.3. The summed E-state index contributed by atoms with van der Waals surface area (Å²) in [6, 6.07) is 0. The van der Waals surface area contributed by atoms with Crippen LogP contribution in [0.3, 0.4) is 0 Å². The molecule has 0 spiro atoms. The third-order valence-corrected chi connectivity index (χ3v) is 6.86. The van der Waals surface area contributed by atoms with Crippen molar-refractivity contribution in [1.29, 1.82) is 0 Å². The molecule has 4 atom stereocenters. The summed E-state index contributed by atoms with van der Waals surface area (Å²) in [6.45, 7) is 8.75. The maximum Gasteiger partial charge on any atom is 0.305 e. The zero-order chi connectivity index (χ0) is 21.7. The van der Waals surface area contributed by atoms with Gasteiger partial charge in [-0.3, -0.25) is 4.79 Å². The molecule has 0 aromatic heterocycles. The van der Waals surface area contributed by atoms with Gasteiger partial charge in [0, 0.05) is 12.3 Å². The fourth-order valence-corrected chi connectivity index (χ4v) is 4.58. The normalized spacial score (nSPS) is 23.9. The van der Waals surface area contributed by atoms with Gasteiger partial charge in [-0.05, 0) is 57.8 Å². The lowest BCUT2D eigenvalue weighted by atomic mass is 9.79. The van der Waals surface area contributed by atoms with Crippen LogP contribution in [-0.2, 0) is 9.53 Å². The number of hydrogen-bond donors (Lipinski definition) is 2. The van der Waals surface area contributed by atoms with E-state index in [0.717, 1.165) is 64.2 Å². The van der Waals surface area contributed by atoms with Crippen LogP contribution in [0.1, 0.15) is 111 Å². The molecule has 0 aliphatic heterocycles.